The van der Waals surface area contributed by atoms with Gasteiger partial charge in [-0.3, -0.25) is 4.99 Å². The van der Waals surface area contributed by atoms with Gasteiger partial charge in [0.05, 0.1) is 6.61 Å². The van der Waals surface area contributed by atoms with Gasteiger partial charge in [-0.2, -0.15) is 0 Å². The SMILES string of the molecule is C=C(C)C(/C1=C\[C@@H](C)CN(C(=O)OC(C)(C)C)CCC1)=C(C(C)=NC)/C(=C\C(C)=C/C1CCCCC1)C1=CCCOCCC1. The van der Waals surface area contributed by atoms with E-state index in [9.17, 15) is 4.79 Å². The largest absolute Gasteiger partial charge is 0.444 e. The summed E-state index contributed by atoms with van der Waals surface area (Å²) in [4.78, 5) is 19.6. The van der Waals surface area contributed by atoms with Gasteiger partial charge in [0.15, 0.2) is 0 Å². The zero-order valence-electron chi connectivity index (χ0n) is 29.2. The Hall–Kier alpha value is -2.66. The van der Waals surface area contributed by atoms with Gasteiger partial charge < -0.3 is 14.4 Å². The lowest BCUT2D eigenvalue weighted by atomic mass is 9.80. The van der Waals surface area contributed by atoms with E-state index in [4.69, 9.17) is 14.5 Å². The third-order valence-corrected chi connectivity index (χ3v) is 8.74. The number of hydrogen-bond acceptors (Lipinski definition) is 4. The van der Waals surface area contributed by atoms with Gasteiger partial charge in [-0.25, -0.2) is 4.79 Å². The highest BCUT2D eigenvalue weighted by Crippen LogP contribution is 2.37. The number of carbonyl (C=O) groups excluding carboxylic acids is 1. The molecule has 0 N–H and O–H groups in total. The van der Waals surface area contributed by atoms with E-state index in [1.807, 2.05) is 32.7 Å². The predicted octanol–water partition coefficient (Wildman–Crippen LogP) is 10.1. The molecule has 0 aromatic heterocycles. The molecule has 0 bridgehead atoms. The Labute approximate surface area is 268 Å². The van der Waals surface area contributed by atoms with Crippen LogP contribution in [0.4, 0.5) is 4.79 Å². The Kier molecular flexibility index (Phi) is 14.0. The lowest BCUT2D eigenvalue weighted by molar-refractivity contribution is 0.0230. The van der Waals surface area contributed by atoms with Crippen LogP contribution in [0.15, 0.2) is 74.9 Å². The van der Waals surface area contributed by atoms with Gasteiger partial charge >= 0.3 is 6.09 Å². The van der Waals surface area contributed by atoms with E-state index in [2.05, 4.69) is 58.6 Å². The molecule has 0 spiro atoms. The maximum absolute atomic E-state index is 13.0. The molecule has 0 aromatic rings. The second-order valence-corrected chi connectivity index (χ2v) is 14.1. The second kappa shape index (κ2) is 17.1. The molecule has 3 aliphatic rings. The van der Waals surface area contributed by atoms with Crippen LogP contribution in [0, 0.1) is 11.8 Å². The van der Waals surface area contributed by atoms with Crippen molar-refractivity contribution in [3.8, 4) is 0 Å². The number of allylic oxidation sites excluding steroid dienone is 9. The fourth-order valence-corrected chi connectivity index (χ4v) is 6.75. The first-order valence-electron chi connectivity index (χ1n) is 17.1. The molecule has 2 heterocycles. The Morgan fingerprint density at radius 2 is 1.75 bits per heavy atom. The zero-order valence-corrected chi connectivity index (χ0v) is 29.2. The Bertz CT molecular complexity index is 1200. The zero-order chi connectivity index (χ0) is 32.3. The first-order valence-corrected chi connectivity index (χ1v) is 17.1. The fourth-order valence-electron chi connectivity index (χ4n) is 6.75. The average molecular weight is 605 g/mol. The minimum absolute atomic E-state index is 0.172. The van der Waals surface area contributed by atoms with Crippen molar-refractivity contribution in [1.82, 2.24) is 4.90 Å². The molecule has 5 nitrogen and oxygen atoms in total. The molecule has 244 valence electrons. The van der Waals surface area contributed by atoms with E-state index in [1.165, 1.54) is 65.5 Å². The van der Waals surface area contributed by atoms with Gasteiger partial charge in [0.1, 0.15) is 5.60 Å². The van der Waals surface area contributed by atoms with Crippen molar-refractivity contribution < 1.29 is 14.3 Å². The minimum atomic E-state index is -0.504. The van der Waals surface area contributed by atoms with Crippen LogP contribution in [0.25, 0.3) is 0 Å². The number of amides is 1. The second-order valence-electron chi connectivity index (χ2n) is 14.1. The number of rotatable bonds is 7. The van der Waals surface area contributed by atoms with E-state index in [-0.39, 0.29) is 12.0 Å². The molecule has 0 saturated heterocycles. The molecule has 1 fully saturated rings. The van der Waals surface area contributed by atoms with Crippen molar-refractivity contribution >= 4 is 11.8 Å². The molecule has 1 aliphatic carbocycles. The highest BCUT2D eigenvalue weighted by atomic mass is 16.6. The maximum Gasteiger partial charge on any atom is 0.410 e. The smallest absolute Gasteiger partial charge is 0.410 e. The summed E-state index contributed by atoms with van der Waals surface area (Å²) in [5, 5.41) is 0. The van der Waals surface area contributed by atoms with Crippen LogP contribution in [-0.4, -0.2) is 55.7 Å². The summed E-state index contributed by atoms with van der Waals surface area (Å²) in [7, 11) is 1.90. The number of carbonyl (C=O) groups is 1. The number of aliphatic imine (C=N–C) groups is 1. The molecule has 0 radical (unpaired) electrons. The van der Waals surface area contributed by atoms with Crippen molar-refractivity contribution in [2.24, 2.45) is 16.8 Å². The third-order valence-electron chi connectivity index (χ3n) is 8.74. The van der Waals surface area contributed by atoms with E-state index in [1.54, 1.807) is 0 Å². The normalized spacial score (nSPS) is 24.1. The minimum Gasteiger partial charge on any atom is -0.444 e. The van der Waals surface area contributed by atoms with Crippen LogP contribution in [0.3, 0.4) is 0 Å². The van der Waals surface area contributed by atoms with E-state index < -0.39 is 5.60 Å². The first kappa shape index (κ1) is 35.8. The van der Waals surface area contributed by atoms with Crippen LogP contribution < -0.4 is 0 Å². The predicted molar refractivity (Wildman–Crippen MR) is 186 cm³/mol. The molecule has 2 aliphatic heterocycles. The van der Waals surface area contributed by atoms with Crippen molar-refractivity contribution in [2.45, 2.75) is 118 Å². The molecule has 44 heavy (non-hydrogen) atoms. The number of ether oxygens (including phenoxy) is 2. The molecule has 5 heteroatoms. The molecular weight excluding hydrogens is 544 g/mol. The third kappa shape index (κ3) is 11.1. The Morgan fingerprint density at radius 3 is 2.41 bits per heavy atom. The monoisotopic (exact) mass is 604 g/mol. The molecule has 3 rings (SSSR count). The molecule has 1 saturated carbocycles. The van der Waals surface area contributed by atoms with Gasteiger partial charge in [0, 0.05) is 38.0 Å². The molecule has 1 amide bonds. The Balaban J connectivity index is 2.16. The summed E-state index contributed by atoms with van der Waals surface area (Å²) < 4.78 is 11.5. The standard InChI is InChI=1S/C39H60N2O3/c1-28(2)36(34-18-13-21-41(27-30(4)25-34)38(42)44-39(6,7)8)37(31(5)40-9)35(33-19-14-22-43-23-15-20-33)26-29(3)24-32-16-11-10-12-17-32/h19,24-26,30,32H,1,10-18,20-23,27H2,2-9H3/b29-24-,33-19?,34-25-,35-26-,37-36-,40-31?/t30-/m1/s1. The van der Waals surface area contributed by atoms with E-state index >= 15 is 0 Å². The molecule has 0 aromatic carbocycles. The summed E-state index contributed by atoms with van der Waals surface area (Å²) >= 11 is 0. The maximum atomic E-state index is 13.0. The van der Waals surface area contributed by atoms with Crippen molar-refractivity contribution in [3.63, 3.8) is 0 Å². The summed E-state index contributed by atoms with van der Waals surface area (Å²) in [6, 6.07) is 0. The van der Waals surface area contributed by atoms with Gasteiger partial charge in [-0.15, -0.1) is 0 Å². The van der Waals surface area contributed by atoms with Gasteiger partial charge in [0.25, 0.3) is 0 Å². The molecule has 1 atom stereocenters. The molecule has 0 unspecified atom stereocenters. The van der Waals surface area contributed by atoms with Crippen LogP contribution >= 0.6 is 0 Å². The quantitative estimate of drug-likeness (QED) is 0.215. The lowest BCUT2D eigenvalue weighted by Gasteiger charge is -2.31. The van der Waals surface area contributed by atoms with Crippen LogP contribution in [0.2, 0.25) is 0 Å². The Morgan fingerprint density at radius 1 is 1.05 bits per heavy atom. The molecular formula is C39H60N2O3. The summed E-state index contributed by atoms with van der Waals surface area (Å²) in [6.07, 6.45) is 20.7. The van der Waals surface area contributed by atoms with Crippen molar-refractivity contribution in [1.29, 1.82) is 0 Å². The lowest BCUT2D eigenvalue weighted by Crippen LogP contribution is -2.40. The fraction of sp³-hybridized carbons (Fsp3) is 0.641. The number of hydrogen-bond donors (Lipinski definition) is 0. The highest BCUT2D eigenvalue weighted by Gasteiger charge is 2.27. The average Bonchev–Trinajstić information content (AvgIpc) is 2.91. The highest BCUT2D eigenvalue weighted by molar-refractivity contribution is 6.05. The van der Waals surface area contributed by atoms with E-state index in [0.29, 0.717) is 19.0 Å². The summed E-state index contributed by atoms with van der Waals surface area (Å²) in [6.45, 7) is 22.0. The number of nitrogens with zero attached hydrogens (tertiary/aromatic N) is 2. The van der Waals surface area contributed by atoms with Crippen LogP contribution in [0.5, 0.6) is 0 Å². The van der Waals surface area contributed by atoms with Gasteiger partial charge in [-0.05, 0) is 121 Å². The van der Waals surface area contributed by atoms with Gasteiger partial charge in [0.2, 0.25) is 0 Å². The van der Waals surface area contributed by atoms with Crippen LogP contribution in [0.1, 0.15) is 113 Å². The van der Waals surface area contributed by atoms with Crippen molar-refractivity contribution in [2.75, 3.05) is 33.4 Å². The van der Waals surface area contributed by atoms with E-state index in [0.717, 1.165) is 56.6 Å². The van der Waals surface area contributed by atoms with Crippen LogP contribution in [-0.2, 0) is 9.47 Å². The van der Waals surface area contributed by atoms with Gasteiger partial charge in [-0.1, -0.05) is 68.2 Å². The summed E-state index contributed by atoms with van der Waals surface area (Å²) in [5.41, 5.74) is 9.30. The first-order chi connectivity index (χ1) is 20.9. The van der Waals surface area contributed by atoms with Crippen molar-refractivity contribution in [3.05, 3.63) is 69.9 Å². The summed E-state index contributed by atoms with van der Waals surface area (Å²) in [5.74, 6) is 0.836. The topological polar surface area (TPSA) is 51.1 Å².